The second kappa shape index (κ2) is 5.29. The number of carbonyl (C=O) groups excluding carboxylic acids is 2. The van der Waals surface area contributed by atoms with Crippen LogP contribution in [0.25, 0.3) is 0 Å². The third kappa shape index (κ3) is 2.42. The highest BCUT2D eigenvalue weighted by atomic mass is 79.9. The van der Waals surface area contributed by atoms with E-state index >= 15 is 0 Å². The first kappa shape index (κ1) is 13.8. The highest BCUT2D eigenvalue weighted by Gasteiger charge is 2.31. The molecule has 2 aromatic rings. The molecule has 1 aliphatic rings. The van der Waals surface area contributed by atoms with Crippen LogP contribution in [0.5, 0.6) is 0 Å². The zero-order chi connectivity index (χ0) is 15.0. The molecule has 21 heavy (non-hydrogen) atoms. The smallest absolute Gasteiger partial charge is 0.242 e. The number of aromatic nitrogens is 1. The molecule has 0 fully saturated rings. The third-order valence-corrected chi connectivity index (χ3v) is 3.84. The van der Waals surface area contributed by atoms with E-state index in [1.54, 1.807) is 25.4 Å². The summed E-state index contributed by atoms with van der Waals surface area (Å²) in [6.07, 6.45) is 1.44. The minimum absolute atomic E-state index is 0.181. The summed E-state index contributed by atoms with van der Waals surface area (Å²) in [7, 11) is 1.67. The summed E-state index contributed by atoms with van der Waals surface area (Å²) in [6.45, 7) is 0. The lowest BCUT2D eigenvalue weighted by Crippen LogP contribution is -2.29. The van der Waals surface area contributed by atoms with Gasteiger partial charge in [-0.25, -0.2) is 4.98 Å². The van der Waals surface area contributed by atoms with E-state index in [1.165, 1.54) is 9.80 Å². The van der Waals surface area contributed by atoms with Crippen molar-refractivity contribution in [3.63, 3.8) is 0 Å². The number of halogens is 1. The number of amides is 2. The number of nitrogens with zero attached hydrogens (tertiary/aromatic N) is 3. The predicted molar refractivity (Wildman–Crippen MR) is 83.6 cm³/mol. The predicted octanol–water partition coefficient (Wildman–Crippen LogP) is 2.88. The van der Waals surface area contributed by atoms with Crippen LogP contribution >= 0.6 is 15.9 Å². The van der Waals surface area contributed by atoms with Gasteiger partial charge in [0.2, 0.25) is 11.8 Å². The molecular weight excluding hydrogens is 334 g/mol. The number of pyridine rings is 1. The van der Waals surface area contributed by atoms with E-state index in [0.717, 1.165) is 4.47 Å². The van der Waals surface area contributed by atoms with Crippen LogP contribution in [0.2, 0.25) is 0 Å². The molecule has 2 heterocycles. The van der Waals surface area contributed by atoms with Crippen molar-refractivity contribution in [3.05, 3.63) is 47.1 Å². The van der Waals surface area contributed by atoms with Gasteiger partial charge in [0.1, 0.15) is 12.2 Å². The number of benzene rings is 1. The average Bonchev–Trinajstić information content (AvgIpc) is 2.56. The fraction of sp³-hybridized carbons (Fsp3) is 0.133. The molecule has 2 amide bonds. The summed E-state index contributed by atoms with van der Waals surface area (Å²) in [5, 5.41) is 0. The first-order valence-corrected chi connectivity index (χ1v) is 7.17. The third-order valence-electron chi connectivity index (χ3n) is 3.34. The van der Waals surface area contributed by atoms with Crippen LogP contribution in [0.3, 0.4) is 0 Å². The molecule has 1 aromatic carbocycles. The topological polar surface area (TPSA) is 53.5 Å². The maximum absolute atomic E-state index is 12.5. The summed E-state index contributed by atoms with van der Waals surface area (Å²) in [5.74, 6) is -0.0191. The van der Waals surface area contributed by atoms with E-state index in [2.05, 4.69) is 20.9 Å². The van der Waals surface area contributed by atoms with E-state index in [0.29, 0.717) is 17.2 Å². The van der Waals surface area contributed by atoms with Crippen molar-refractivity contribution < 1.29 is 9.59 Å². The van der Waals surface area contributed by atoms with Crippen LogP contribution in [0, 0.1) is 0 Å². The molecule has 0 radical (unpaired) electrons. The number of fused-ring (bicyclic) bond motifs is 1. The van der Waals surface area contributed by atoms with E-state index in [9.17, 15) is 9.59 Å². The van der Waals surface area contributed by atoms with Gasteiger partial charge in [-0.3, -0.25) is 14.5 Å². The van der Waals surface area contributed by atoms with Crippen LogP contribution in [0.4, 0.5) is 17.2 Å². The van der Waals surface area contributed by atoms with Gasteiger partial charge in [0.15, 0.2) is 0 Å². The molecule has 0 spiro atoms. The summed E-state index contributed by atoms with van der Waals surface area (Å²) >= 11 is 3.41. The molecule has 6 heteroatoms. The second-order valence-electron chi connectivity index (χ2n) is 4.68. The maximum Gasteiger partial charge on any atom is 0.242 e. The van der Waals surface area contributed by atoms with Crippen LogP contribution in [0.15, 0.2) is 47.1 Å². The highest BCUT2D eigenvalue weighted by molar-refractivity contribution is 9.10. The Morgan fingerprint density at radius 1 is 1.10 bits per heavy atom. The Kier molecular flexibility index (Phi) is 3.47. The lowest BCUT2D eigenvalue weighted by molar-refractivity contribution is -0.125. The first-order valence-electron chi connectivity index (χ1n) is 6.38. The van der Waals surface area contributed by atoms with Gasteiger partial charge in [0.05, 0.1) is 11.4 Å². The van der Waals surface area contributed by atoms with Crippen molar-refractivity contribution >= 4 is 44.9 Å². The van der Waals surface area contributed by atoms with Gasteiger partial charge >= 0.3 is 0 Å². The number of rotatable bonds is 1. The molecule has 5 nitrogen and oxygen atoms in total. The van der Waals surface area contributed by atoms with Crippen molar-refractivity contribution in [2.24, 2.45) is 0 Å². The van der Waals surface area contributed by atoms with Gasteiger partial charge in [-0.1, -0.05) is 22.0 Å². The van der Waals surface area contributed by atoms with E-state index in [1.807, 2.05) is 24.3 Å². The lowest BCUT2D eigenvalue weighted by atomic mass is 10.2. The Hall–Kier alpha value is -2.21. The molecule has 0 atom stereocenters. The Balaban J connectivity index is 2.24. The van der Waals surface area contributed by atoms with Gasteiger partial charge in [-0.2, -0.15) is 0 Å². The summed E-state index contributed by atoms with van der Waals surface area (Å²) in [5.41, 5.74) is 1.32. The monoisotopic (exact) mass is 345 g/mol. The van der Waals surface area contributed by atoms with Crippen LogP contribution in [-0.4, -0.2) is 23.8 Å². The average molecular weight is 346 g/mol. The van der Waals surface area contributed by atoms with Crippen molar-refractivity contribution in [3.8, 4) is 0 Å². The number of hydrogen-bond donors (Lipinski definition) is 0. The maximum atomic E-state index is 12.5. The van der Waals surface area contributed by atoms with E-state index in [4.69, 9.17) is 0 Å². The molecule has 0 unspecified atom stereocenters. The molecule has 1 aromatic heterocycles. The fourth-order valence-corrected chi connectivity index (χ4v) is 2.64. The Bertz CT molecular complexity index is 718. The van der Waals surface area contributed by atoms with Gasteiger partial charge in [-0.05, 0) is 30.3 Å². The summed E-state index contributed by atoms with van der Waals surface area (Å²) in [4.78, 5) is 31.8. The van der Waals surface area contributed by atoms with Gasteiger partial charge in [0.25, 0.3) is 0 Å². The molecule has 0 saturated heterocycles. The van der Waals surface area contributed by atoms with Crippen LogP contribution < -0.4 is 9.80 Å². The van der Waals surface area contributed by atoms with Gasteiger partial charge in [0, 0.05) is 17.7 Å². The normalized spacial score (nSPS) is 15.0. The largest absolute Gasteiger partial charge is 0.313 e. The highest BCUT2D eigenvalue weighted by Crippen LogP contribution is 2.38. The number of carbonyl (C=O) groups is 2. The quantitative estimate of drug-likeness (QED) is 0.746. The number of hydrogen-bond acceptors (Lipinski definition) is 3. The first-order chi connectivity index (χ1) is 10.1. The minimum Gasteiger partial charge on any atom is -0.313 e. The minimum atomic E-state index is -0.289. The molecule has 0 aliphatic carbocycles. The number of anilines is 3. The molecule has 3 rings (SSSR count). The van der Waals surface area contributed by atoms with E-state index < -0.39 is 0 Å². The second-order valence-corrected chi connectivity index (χ2v) is 5.60. The Labute approximate surface area is 130 Å². The zero-order valence-electron chi connectivity index (χ0n) is 11.3. The SMILES string of the molecule is CN1C(=O)CC(=O)N(c2ccccn2)c2cc(Br)ccc21. The van der Waals surface area contributed by atoms with Crippen molar-refractivity contribution in [1.82, 2.24) is 4.98 Å². The van der Waals surface area contributed by atoms with Gasteiger partial charge in [-0.15, -0.1) is 0 Å². The molecular formula is C15H12BrN3O2. The Morgan fingerprint density at radius 3 is 2.62 bits per heavy atom. The van der Waals surface area contributed by atoms with Crippen LogP contribution in [-0.2, 0) is 9.59 Å². The molecule has 0 saturated carbocycles. The van der Waals surface area contributed by atoms with E-state index in [-0.39, 0.29) is 18.2 Å². The lowest BCUT2D eigenvalue weighted by Gasteiger charge is -2.23. The summed E-state index contributed by atoms with van der Waals surface area (Å²) in [6, 6.07) is 10.8. The van der Waals surface area contributed by atoms with Crippen molar-refractivity contribution in [2.75, 3.05) is 16.8 Å². The van der Waals surface area contributed by atoms with Crippen molar-refractivity contribution in [2.45, 2.75) is 6.42 Å². The van der Waals surface area contributed by atoms with Gasteiger partial charge < -0.3 is 4.90 Å². The van der Waals surface area contributed by atoms with Crippen molar-refractivity contribution in [1.29, 1.82) is 0 Å². The summed E-state index contributed by atoms with van der Waals surface area (Å²) < 4.78 is 0.831. The van der Waals surface area contributed by atoms with Crippen LogP contribution in [0.1, 0.15) is 6.42 Å². The molecule has 106 valence electrons. The Morgan fingerprint density at radius 2 is 1.90 bits per heavy atom. The zero-order valence-corrected chi connectivity index (χ0v) is 12.9. The molecule has 0 N–H and O–H groups in total. The molecule has 1 aliphatic heterocycles. The fourth-order valence-electron chi connectivity index (χ4n) is 2.29. The standard InChI is InChI=1S/C15H12BrN3O2/c1-18-11-6-5-10(16)8-12(11)19(15(21)9-14(18)20)13-4-2-3-7-17-13/h2-8H,9H2,1H3. The molecule has 0 bridgehead atoms.